The molecule has 0 heterocycles. The second-order valence-electron chi connectivity index (χ2n) is 12.1. The minimum atomic E-state index is 0. The van der Waals surface area contributed by atoms with Crippen molar-refractivity contribution < 1.29 is 0 Å². The van der Waals surface area contributed by atoms with Gasteiger partial charge in [-0.1, -0.05) is 145 Å². The van der Waals surface area contributed by atoms with E-state index in [-0.39, 0.29) is 37.7 Å². The molecule has 6 aromatic rings. The summed E-state index contributed by atoms with van der Waals surface area (Å²) in [6.07, 6.45) is 7.23. The first-order valence-electron chi connectivity index (χ1n) is 15.3. The van der Waals surface area contributed by atoms with Gasteiger partial charge < -0.3 is 0 Å². The Labute approximate surface area is 285 Å². The predicted octanol–water partition coefficient (Wildman–Crippen LogP) is 10.5. The van der Waals surface area contributed by atoms with E-state index in [4.69, 9.17) is 0 Å². The average Bonchev–Trinajstić information content (AvgIpc) is 3.53. The van der Waals surface area contributed by atoms with Gasteiger partial charge in [0.2, 0.25) is 0 Å². The SMILES string of the molecule is CC1=Cc2c(-c3cccc4ccccc34)cccc2C1CCC1C(C)=Cc2c(-c3cccc4ccccc34)cccc21.[LiH].[LiH]. The summed E-state index contributed by atoms with van der Waals surface area (Å²) < 4.78 is 0. The Balaban J connectivity index is 0.00000171. The number of hydrogen-bond acceptors (Lipinski definition) is 0. The van der Waals surface area contributed by atoms with Gasteiger partial charge in [-0.15, -0.1) is 0 Å². The fourth-order valence-corrected chi connectivity index (χ4v) is 7.73. The van der Waals surface area contributed by atoms with E-state index in [1.165, 1.54) is 77.2 Å². The first-order chi connectivity index (χ1) is 20.7. The zero-order valence-electron chi connectivity index (χ0n) is 24.3. The number of fused-ring (bicyclic) bond motifs is 4. The van der Waals surface area contributed by atoms with Crippen molar-refractivity contribution >= 4 is 71.4 Å². The number of allylic oxidation sites excluding steroid dienone is 2. The Kier molecular flexibility index (Phi) is 8.67. The van der Waals surface area contributed by atoms with Crippen molar-refractivity contribution in [1.82, 2.24) is 0 Å². The van der Waals surface area contributed by atoms with Crippen LogP contribution in [0.3, 0.4) is 0 Å². The molecule has 2 unspecified atom stereocenters. The van der Waals surface area contributed by atoms with Crippen molar-refractivity contribution in [3.8, 4) is 22.3 Å². The predicted molar refractivity (Wildman–Crippen MR) is 195 cm³/mol. The van der Waals surface area contributed by atoms with Crippen LogP contribution in [0.5, 0.6) is 0 Å². The molecule has 44 heavy (non-hydrogen) atoms. The molecule has 206 valence electrons. The zero-order chi connectivity index (χ0) is 28.2. The maximum atomic E-state index is 2.46. The second kappa shape index (κ2) is 12.5. The van der Waals surface area contributed by atoms with Gasteiger partial charge in [0.1, 0.15) is 0 Å². The molecule has 0 aromatic heterocycles. The summed E-state index contributed by atoms with van der Waals surface area (Å²) in [5.41, 5.74) is 14.1. The molecular formula is C42H36Li2. The van der Waals surface area contributed by atoms with Crippen molar-refractivity contribution in [2.24, 2.45) is 0 Å². The second-order valence-corrected chi connectivity index (χ2v) is 12.1. The van der Waals surface area contributed by atoms with Crippen LogP contribution in [0.1, 0.15) is 60.8 Å². The average molecular weight is 555 g/mol. The maximum absolute atomic E-state index is 2.46. The van der Waals surface area contributed by atoms with Gasteiger partial charge in [-0.3, -0.25) is 0 Å². The fourth-order valence-electron chi connectivity index (χ4n) is 7.73. The third kappa shape index (κ3) is 5.06. The molecule has 0 amide bonds. The van der Waals surface area contributed by atoms with Crippen molar-refractivity contribution in [3.63, 3.8) is 0 Å². The summed E-state index contributed by atoms with van der Waals surface area (Å²) in [5.74, 6) is 0.932. The van der Waals surface area contributed by atoms with E-state index < -0.39 is 0 Å². The van der Waals surface area contributed by atoms with Crippen molar-refractivity contribution in [3.05, 3.63) is 155 Å². The van der Waals surface area contributed by atoms with Crippen LogP contribution in [-0.4, -0.2) is 37.7 Å². The number of hydrogen-bond donors (Lipinski definition) is 0. The molecular weight excluding hydrogens is 518 g/mol. The molecule has 0 nitrogen and oxygen atoms in total. The molecule has 0 aliphatic heterocycles. The van der Waals surface area contributed by atoms with Crippen LogP contribution >= 0.6 is 0 Å². The quantitative estimate of drug-likeness (QED) is 0.186. The Bertz CT molecular complexity index is 1920. The Morgan fingerprint density at radius 1 is 0.409 bits per heavy atom. The molecule has 2 aliphatic carbocycles. The number of benzene rings is 6. The molecule has 0 bridgehead atoms. The molecule has 0 saturated heterocycles. The van der Waals surface area contributed by atoms with Crippen molar-refractivity contribution in [1.29, 1.82) is 0 Å². The first kappa shape index (κ1) is 30.5. The fraction of sp³-hybridized carbons (Fsp3) is 0.143. The monoisotopic (exact) mass is 554 g/mol. The van der Waals surface area contributed by atoms with E-state index in [1.807, 2.05) is 0 Å². The summed E-state index contributed by atoms with van der Waals surface area (Å²) in [6, 6.07) is 44.8. The summed E-state index contributed by atoms with van der Waals surface area (Å²) in [7, 11) is 0. The van der Waals surface area contributed by atoms with Crippen LogP contribution in [0.2, 0.25) is 0 Å². The van der Waals surface area contributed by atoms with E-state index in [0.29, 0.717) is 11.8 Å². The van der Waals surface area contributed by atoms with E-state index in [9.17, 15) is 0 Å². The van der Waals surface area contributed by atoms with Gasteiger partial charge in [0.25, 0.3) is 0 Å². The summed E-state index contributed by atoms with van der Waals surface area (Å²) in [4.78, 5) is 0. The number of rotatable bonds is 5. The van der Waals surface area contributed by atoms with Gasteiger partial charge in [-0.2, -0.15) is 0 Å². The van der Waals surface area contributed by atoms with Crippen LogP contribution in [0.15, 0.2) is 132 Å². The van der Waals surface area contributed by atoms with Gasteiger partial charge in [0.15, 0.2) is 0 Å². The third-order valence-electron chi connectivity index (χ3n) is 9.78. The van der Waals surface area contributed by atoms with Gasteiger partial charge in [0, 0.05) is 11.8 Å². The van der Waals surface area contributed by atoms with E-state index in [0.717, 1.165) is 12.8 Å². The van der Waals surface area contributed by atoms with Crippen LogP contribution in [0, 0.1) is 0 Å². The Morgan fingerprint density at radius 2 is 0.773 bits per heavy atom. The summed E-state index contributed by atoms with van der Waals surface area (Å²) in [6.45, 7) is 4.67. The van der Waals surface area contributed by atoms with Crippen LogP contribution in [-0.2, 0) is 0 Å². The molecule has 0 radical (unpaired) electrons. The van der Waals surface area contributed by atoms with E-state index in [1.54, 1.807) is 0 Å². The topological polar surface area (TPSA) is 0 Å². The zero-order valence-corrected chi connectivity index (χ0v) is 24.3. The molecule has 0 fully saturated rings. The molecule has 6 aromatic carbocycles. The minimum absolute atomic E-state index is 0. The summed E-state index contributed by atoms with van der Waals surface area (Å²) >= 11 is 0. The van der Waals surface area contributed by atoms with Crippen LogP contribution in [0.25, 0.3) is 56.0 Å². The van der Waals surface area contributed by atoms with Gasteiger partial charge in [0.05, 0.1) is 0 Å². The van der Waals surface area contributed by atoms with Gasteiger partial charge >= 0.3 is 37.7 Å². The Morgan fingerprint density at radius 3 is 1.23 bits per heavy atom. The molecule has 2 atom stereocenters. The van der Waals surface area contributed by atoms with Gasteiger partial charge in [-0.25, -0.2) is 0 Å². The summed E-state index contributed by atoms with van der Waals surface area (Å²) in [5, 5.41) is 5.25. The molecule has 0 N–H and O–H groups in total. The third-order valence-corrected chi connectivity index (χ3v) is 9.78. The molecule has 0 spiro atoms. The van der Waals surface area contributed by atoms with Crippen molar-refractivity contribution in [2.45, 2.75) is 38.5 Å². The Hall–Kier alpha value is -3.49. The van der Waals surface area contributed by atoms with Gasteiger partial charge in [-0.05, 0) is 92.7 Å². The standard InChI is InChI=1S/C42H34.2Li.2H/c1-27-25-41-35(19-9-21-39(41)37-17-7-13-29-11-3-5-15-33(29)37)31(27)23-24-32-28(2)26-42-36(32)20-10-22-40(42)38-18-8-14-30-12-4-6-16-34(30)38;;;;/h3-22,25-26,31-32H,23-24H2,1-2H3;;;;. The van der Waals surface area contributed by atoms with E-state index >= 15 is 0 Å². The first-order valence-corrected chi connectivity index (χ1v) is 15.3. The molecule has 2 aliphatic rings. The van der Waals surface area contributed by atoms with Crippen LogP contribution < -0.4 is 0 Å². The molecule has 0 saturated carbocycles. The normalized spacial score (nSPS) is 16.5. The molecule has 2 heteroatoms. The molecule has 8 rings (SSSR count). The van der Waals surface area contributed by atoms with E-state index in [2.05, 4.69) is 147 Å². The van der Waals surface area contributed by atoms with Crippen molar-refractivity contribution in [2.75, 3.05) is 0 Å². The van der Waals surface area contributed by atoms with Crippen LogP contribution in [0.4, 0.5) is 0 Å².